The normalized spacial score (nSPS) is 12.6. The van der Waals surface area contributed by atoms with Gasteiger partial charge in [-0.2, -0.15) is 0 Å². The summed E-state index contributed by atoms with van der Waals surface area (Å²) in [5.41, 5.74) is 4.19. The number of nitrogens with one attached hydrogen (secondary N) is 1. The summed E-state index contributed by atoms with van der Waals surface area (Å²) < 4.78 is 26.4. The van der Waals surface area contributed by atoms with Crippen molar-refractivity contribution in [2.45, 2.75) is 23.8 Å². The van der Waals surface area contributed by atoms with Gasteiger partial charge in [-0.3, -0.25) is 0 Å². The van der Waals surface area contributed by atoms with Gasteiger partial charge in [0.15, 0.2) is 0 Å². The van der Waals surface area contributed by atoms with E-state index in [1.165, 1.54) is 18.3 Å². The van der Waals surface area contributed by atoms with E-state index in [-0.39, 0.29) is 17.1 Å². The molecule has 0 aromatic carbocycles. The second kappa shape index (κ2) is 5.61. The molecule has 102 valence electrons. The molecule has 0 aliphatic carbocycles. The number of hydrogen-bond donors (Lipinski definition) is 4. The molecule has 0 aliphatic rings. The molecule has 0 unspecified atom stereocenters. The molecule has 1 heterocycles. The van der Waals surface area contributed by atoms with Gasteiger partial charge in [0.2, 0.25) is 10.0 Å². The number of pyridine rings is 1. The van der Waals surface area contributed by atoms with Gasteiger partial charge < -0.3 is 15.9 Å². The minimum Gasteiger partial charge on any atom is -0.394 e. The lowest BCUT2D eigenvalue weighted by atomic mass is 10.0. The van der Waals surface area contributed by atoms with E-state index in [0.717, 1.165) is 0 Å². The fourth-order valence-corrected chi connectivity index (χ4v) is 2.92. The first-order valence-electron chi connectivity index (χ1n) is 5.37. The molecule has 0 saturated carbocycles. The number of aromatic nitrogens is 1. The molecule has 7 nitrogen and oxygen atoms in total. The average Bonchev–Trinajstić information content (AvgIpc) is 2.36. The monoisotopic (exact) mass is 275 g/mol. The Labute approximate surface area is 106 Å². The summed E-state index contributed by atoms with van der Waals surface area (Å²) in [7, 11) is -3.94. The summed E-state index contributed by atoms with van der Waals surface area (Å²) in [5, 5.41) is 18.4. The van der Waals surface area contributed by atoms with Crippen LogP contribution in [0.2, 0.25) is 0 Å². The molecule has 1 aromatic rings. The summed E-state index contributed by atoms with van der Waals surface area (Å²) in [5.74, 6) is -0.133. The molecule has 0 radical (unpaired) electrons. The van der Waals surface area contributed by atoms with Crippen molar-refractivity contribution in [2.24, 2.45) is 0 Å². The molecule has 0 saturated heterocycles. The third kappa shape index (κ3) is 2.96. The van der Waals surface area contributed by atoms with E-state index in [4.69, 9.17) is 5.73 Å². The topological polar surface area (TPSA) is 126 Å². The molecular formula is C10H17N3O4S. The van der Waals surface area contributed by atoms with E-state index in [9.17, 15) is 18.6 Å². The number of anilines is 1. The van der Waals surface area contributed by atoms with E-state index in [0.29, 0.717) is 0 Å². The van der Waals surface area contributed by atoms with Crippen LogP contribution in [-0.2, 0) is 10.0 Å². The number of aliphatic hydroxyl groups is 2. The third-order valence-electron chi connectivity index (χ3n) is 2.72. The molecule has 1 rings (SSSR count). The Morgan fingerprint density at radius 1 is 1.44 bits per heavy atom. The Morgan fingerprint density at radius 2 is 2.06 bits per heavy atom. The van der Waals surface area contributed by atoms with Gasteiger partial charge in [-0.1, -0.05) is 6.92 Å². The van der Waals surface area contributed by atoms with E-state index in [1.807, 2.05) is 0 Å². The highest BCUT2D eigenvalue weighted by molar-refractivity contribution is 7.89. The van der Waals surface area contributed by atoms with Gasteiger partial charge in [0, 0.05) is 6.20 Å². The van der Waals surface area contributed by atoms with Crippen LogP contribution in [0.4, 0.5) is 5.82 Å². The number of aliphatic hydroxyl groups excluding tert-OH is 2. The summed E-state index contributed by atoms with van der Waals surface area (Å²) in [6.07, 6.45) is 1.61. The predicted molar refractivity (Wildman–Crippen MR) is 66.2 cm³/mol. The lowest BCUT2D eigenvalue weighted by molar-refractivity contribution is 0.105. The molecule has 5 N–H and O–H groups in total. The maximum Gasteiger partial charge on any atom is 0.244 e. The smallest absolute Gasteiger partial charge is 0.244 e. The number of sulfonamides is 1. The van der Waals surface area contributed by atoms with Crippen LogP contribution >= 0.6 is 0 Å². The molecule has 0 bridgehead atoms. The number of nitrogens with two attached hydrogens (primary N) is 1. The van der Waals surface area contributed by atoms with E-state index >= 15 is 0 Å². The minimum absolute atomic E-state index is 0.133. The van der Waals surface area contributed by atoms with Crippen molar-refractivity contribution in [2.75, 3.05) is 18.9 Å². The van der Waals surface area contributed by atoms with E-state index in [1.54, 1.807) is 6.92 Å². The molecule has 0 aliphatic heterocycles. The zero-order valence-corrected chi connectivity index (χ0v) is 10.8. The lowest BCUT2D eigenvalue weighted by Crippen LogP contribution is -2.53. The van der Waals surface area contributed by atoms with Crippen LogP contribution in [0.5, 0.6) is 0 Å². The highest BCUT2D eigenvalue weighted by atomic mass is 32.2. The van der Waals surface area contributed by atoms with Crippen molar-refractivity contribution < 1.29 is 18.6 Å². The van der Waals surface area contributed by atoms with E-state index in [2.05, 4.69) is 9.71 Å². The van der Waals surface area contributed by atoms with Gasteiger partial charge in [0.05, 0.1) is 18.8 Å². The van der Waals surface area contributed by atoms with Gasteiger partial charge in [-0.25, -0.2) is 18.1 Å². The van der Waals surface area contributed by atoms with Gasteiger partial charge in [0.25, 0.3) is 0 Å². The average molecular weight is 275 g/mol. The summed E-state index contributed by atoms with van der Waals surface area (Å²) in [6, 6.07) is 2.75. The van der Waals surface area contributed by atoms with Crippen LogP contribution in [0, 0.1) is 0 Å². The van der Waals surface area contributed by atoms with Crippen LogP contribution < -0.4 is 10.5 Å². The second-order valence-electron chi connectivity index (χ2n) is 3.94. The van der Waals surface area contributed by atoms with E-state index < -0.39 is 28.8 Å². The molecule has 0 fully saturated rings. The highest BCUT2D eigenvalue weighted by Crippen LogP contribution is 2.18. The maximum absolute atomic E-state index is 12.1. The fraction of sp³-hybridized carbons (Fsp3) is 0.500. The first-order valence-corrected chi connectivity index (χ1v) is 6.85. The Kier molecular flexibility index (Phi) is 4.63. The van der Waals surface area contributed by atoms with Crippen molar-refractivity contribution in [1.29, 1.82) is 0 Å². The summed E-state index contributed by atoms with van der Waals surface area (Å²) in [6.45, 7) is 0.625. The lowest BCUT2D eigenvalue weighted by Gasteiger charge is -2.29. The Bertz CT molecular complexity index is 491. The number of hydrogen-bond acceptors (Lipinski definition) is 6. The SMILES string of the molecule is CCC(CO)(CO)NS(=O)(=O)c1cccnc1N. The highest BCUT2D eigenvalue weighted by Gasteiger charge is 2.33. The summed E-state index contributed by atoms with van der Waals surface area (Å²) in [4.78, 5) is 3.51. The first kappa shape index (κ1) is 14.8. The van der Waals surface area contributed by atoms with Crippen LogP contribution in [0.3, 0.4) is 0 Å². The van der Waals surface area contributed by atoms with Gasteiger partial charge in [0.1, 0.15) is 10.7 Å². The van der Waals surface area contributed by atoms with Crippen molar-refractivity contribution in [3.8, 4) is 0 Å². The predicted octanol–water partition coefficient (Wildman–Crippen LogP) is -0.925. The van der Waals surface area contributed by atoms with Gasteiger partial charge in [-0.15, -0.1) is 0 Å². The number of nitrogen functional groups attached to an aromatic ring is 1. The largest absolute Gasteiger partial charge is 0.394 e. The third-order valence-corrected chi connectivity index (χ3v) is 4.35. The van der Waals surface area contributed by atoms with Crippen molar-refractivity contribution >= 4 is 15.8 Å². The quantitative estimate of drug-likeness (QED) is 0.532. The Balaban J connectivity index is 3.13. The molecule has 1 aromatic heterocycles. The molecule has 0 amide bonds. The molecule has 0 spiro atoms. The van der Waals surface area contributed by atoms with Crippen molar-refractivity contribution in [3.63, 3.8) is 0 Å². The molecule has 18 heavy (non-hydrogen) atoms. The second-order valence-corrected chi connectivity index (χ2v) is 5.59. The zero-order valence-electron chi connectivity index (χ0n) is 10.00. The van der Waals surface area contributed by atoms with Crippen molar-refractivity contribution in [3.05, 3.63) is 18.3 Å². The molecular weight excluding hydrogens is 258 g/mol. The van der Waals surface area contributed by atoms with Crippen LogP contribution in [0.15, 0.2) is 23.2 Å². The van der Waals surface area contributed by atoms with Crippen molar-refractivity contribution in [1.82, 2.24) is 9.71 Å². The molecule has 8 heteroatoms. The maximum atomic E-state index is 12.1. The fourth-order valence-electron chi connectivity index (χ4n) is 1.38. The minimum atomic E-state index is -3.94. The van der Waals surface area contributed by atoms with Crippen LogP contribution in [-0.4, -0.2) is 42.4 Å². The Morgan fingerprint density at radius 3 is 2.50 bits per heavy atom. The molecule has 0 atom stereocenters. The number of nitrogens with zero attached hydrogens (tertiary/aromatic N) is 1. The number of rotatable bonds is 6. The Hall–Kier alpha value is -1.22. The standard InChI is InChI=1S/C10H17N3O4S/c1-2-10(6-14,7-15)13-18(16,17)8-4-3-5-12-9(8)11/h3-5,13-15H,2,6-7H2,1H3,(H2,11,12). The summed E-state index contributed by atoms with van der Waals surface area (Å²) >= 11 is 0. The van der Waals surface area contributed by atoms with Gasteiger partial charge >= 0.3 is 0 Å². The van der Waals surface area contributed by atoms with Crippen LogP contribution in [0.25, 0.3) is 0 Å². The zero-order chi connectivity index (χ0) is 13.8. The van der Waals surface area contributed by atoms with Gasteiger partial charge in [-0.05, 0) is 18.6 Å². The first-order chi connectivity index (χ1) is 8.40. The van der Waals surface area contributed by atoms with Crippen LogP contribution in [0.1, 0.15) is 13.3 Å².